The van der Waals surface area contributed by atoms with Gasteiger partial charge in [-0.25, -0.2) is 8.42 Å². The van der Waals surface area contributed by atoms with Gasteiger partial charge in [0.2, 0.25) is 0 Å². The highest BCUT2D eigenvalue weighted by atomic mass is 127. The Morgan fingerprint density at radius 3 is 2.79 bits per heavy atom. The zero-order valence-electron chi connectivity index (χ0n) is 15.6. The average Bonchev–Trinajstić information content (AvgIpc) is 3.12. The zero-order chi connectivity index (χ0) is 20.6. The highest BCUT2D eigenvalue weighted by molar-refractivity contribution is 14.1. The minimum absolute atomic E-state index is 0.0792. The third-order valence-corrected chi connectivity index (χ3v) is 8.79. The number of thioether (sulfide) groups is 1. The fraction of sp³-hybridized carbons (Fsp3) is 0.300. The van der Waals surface area contributed by atoms with E-state index >= 15 is 0 Å². The molecule has 0 radical (unpaired) electrons. The molecule has 0 aromatic heterocycles. The highest BCUT2D eigenvalue weighted by Gasteiger charge is 2.49. The summed E-state index contributed by atoms with van der Waals surface area (Å²) in [5.41, 5.74) is 1.63. The van der Waals surface area contributed by atoms with Crippen molar-refractivity contribution < 1.29 is 17.9 Å². The quantitative estimate of drug-likeness (QED) is 0.553. The molecule has 152 valence electrons. The average molecular weight is 542 g/mol. The number of anilines is 1. The van der Waals surface area contributed by atoms with E-state index in [1.807, 2.05) is 53.4 Å². The summed E-state index contributed by atoms with van der Waals surface area (Å²) in [6.07, 6.45) is 0.127. The van der Waals surface area contributed by atoms with Crippen molar-refractivity contribution in [2.24, 2.45) is 4.99 Å². The van der Waals surface area contributed by atoms with E-state index < -0.39 is 9.84 Å². The number of ether oxygens (including phenoxy) is 1. The number of nitrogens with zero attached hydrogens (tertiary/aromatic N) is 2. The number of hydrogen-bond acceptors (Lipinski definition) is 5. The third-order valence-electron chi connectivity index (χ3n) is 4.91. The van der Waals surface area contributed by atoms with Crippen LogP contribution < -0.4 is 9.64 Å². The number of hydrogen-bond donors (Lipinski definition) is 0. The molecule has 0 N–H and O–H groups in total. The van der Waals surface area contributed by atoms with Crippen LogP contribution in [-0.4, -0.2) is 49.4 Å². The third kappa shape index (κ3) is 4.46. The van der Waals surface area contributed by atoms with Gasteiger partial charge in [-0.05, 0) is 46.9 Å². The van der Waals surface area contributed by atoms with Crippen LogP contribution in [0.2, 0.25) is 0 Å². The summed E-state index contributed by atoms with van der Waals surface area (Å²) in [5, 5.41) is 0.451. The van der Waals surface area contributed by atoms with Gasteiger partial charge >= 0.3 is 0 Å². The molecule has 0 aliphatic carbocycles. The van der Waals surface area contributed by atoms with E-state index in [-0.39, 0.29) is 35.1 Å². The van der Waals surface area contributed by atoms with E-state index in [1.54, 1.807) is 7.11 Å². The molecule has 2 heterocycles. The van der Waals surface area contributed by atoms with Gasteiger partial charge in [-0.3, -0.25) is 4.79 Å². The first-order chi connectivity index (χ1) is 13.9. The molecule has 2 aromatic rings. The Bertz CT molecular complexity index is 1090. The second-order valence-corrected chi connectivity index (χ2v) is 11.5. The highest BCUT2D eigenvalue weighted by Crippen LogP contribution is 2.41. The lowest BCUT2D eigenvalue weighted by molar-refractivity contribution is -0.117. The topological polar surface area (TPSA) is 76.0 Å². The molecule has 2 aliphatic rings. The molecule has 4 rings (SSSR count). The first kappa shape index (κ1) is 20.7. The number of sulfone groups is 1. The van der Waals surface area contributed by atoms with Crippen molar-refractivity contribution in [2.45, 2.75) is 17.7 Å². The van der Waals surface area contributed by atoms with Gasteiger partial charge in [0.15, 0.2) is 15.0 Å². The smallest absolute Gasteiger partial charge is 0.252 e. The van der Waals surface area contributed by atoms with Gasteiger partial charge < -0.3 is 9.64 Å². The number of rotatable bonds is 4. The molecule has 9 heteroatoms. The molecule has 29 heavy (non-hydrogen) atoms. The van der Waals surface area contributed by atoms with E-state index in [4.69, 9.17) is 4.74 Å². The summed E-state index contributed by atoms with van der Waals surface area (Å²) in [6.45, 7) is 0. The lowest BCUT2D eigenvalue weighted by atomic mass is 10.1. The molecular formula is C20H19IN2O4S2. The lowest BCUT2D eigenvalue weighted by Gasteiger charge is -2.24. The first-order valence-electron chi connectivity index (χ1n) is 9.01. The number of para-hydroxylation sites is 1. The fourth-order valence-corrected chi connectivity index (χ4v) is 8.11. The van der Waals surface area contributed by atoms with Gasteiger partial charge in [0.1, 0.15) is 5.75 Å². The molecule has 0 spiro atoms. The van der Waals surface area contributed by atoms with E-state index in [0.29, 0.717) is 10.9 Å². The number of halogens is 1. The molecule has 2 atom stereocenters. The van der Waals surface area contributed by atoms with E-state index in [2.05, 4.69) is 27.6 Å². The van der Waals surface area contributed by atoms with Crippen LogP contribution in [-0.2, 0) is 21.1 Å². The summed E-state index contributed by atoms with van der Waals surface area (Å²) in [4.78, 5) is 19.0. The summed E-state index contributed by atoms with van der Waals surface area (Å²) in [7, 11) is -1.51. The molecular weight excluding hydrogens is 523 g/mol. The van der Waals surface area contributed by atoms with Crippen LogP contribution in [0.15, 0.2) is 53.5 Å². The molecule has 1 amide bonds. The summed E-state index contributed by atoms with van der Waals surface area (Å²) in [5.74, 6) is 0.561. The number of benzene rings is 2. The van der Waals surface area contributed by atoms with Crippen LogP contribution in [0.4, 0.5) is 5.69 Å². The number of carbonyl (C=O) groups excluding carboxylic acids is 1. The van der Waals surface area contributed by atoms with Crippen molar-refractivity contribution in [2.75, 3.05) is 23.5 Å². The minimum atomic E-state index is -3.09. The molecule has 0 unspecified atom stereocenters. The Balaban J connectivity index is 1.65. The van der Waals surface area contributed by atoms with Crippen LogP contribution in [0.1, 0.15) is 5.56 Å². The van der Waals surface area contributed by atoms with Crippen molar-refractivity contribution in [3.63, 3.8) is 0 Å². The van der Waals surface area contributed by atoms with Gasteiger partial charge in [-0.15, -0.1) is 0 Å². The standard InChI is InChI=1S/C20H19IN2O4S2/c1-27-17-8-3-2-5-13(17)9-19(24)22-20-23(15-7-4-6-14(21)10-15)16-11-29(25,26)12-18(16)28-20/h2-8,10,16,18H,9,11-12H2,1H3/t16-,18+/m1/s1. The van der Waals surface area contributed by atoms with Gasteiger partial charge in [-0.1, -0.05) is 36.0 Å². The summed E-state index contributed by atoms with van der Waals surface area (Å²) >= 11 is 3.61. The van der Waals surface area contributed by atoms with Crippen LogP contribution in [0, 0.1) is 3.57 Å². The lowest BCUT2D eigenvalue weighted by Crippen LogP contribution is -2.37. The van der Waals surface area contributed by atoms with Gasteiger partial charge in [0.05, 0.1) is 31.1 Å². The molecule has 2 aliphatic heterocycles. The van der Waals surface area contributed by atoms with Crippen molar-refractivity contribution >= 4 is 61.0 Å². The van der Waals surface area contributed by atoms with Gasteiger partial charge in [0, 0.05) is 20.1 Å². The van der Waals surface area contributed by atoms with Crippen LogP contribution in [0.5, 0.6) is 5.75 Å². The Hall–Kier alpha value is -1.59. The molecule has 0 bridgehead atoms. The largest absolute Gasteiger partial charge is 0.496 e. The van der Waals surface area contributed by atoms with E-state index in [1.165, 1.54) is 11.8 Å². The fourth-order valence-electron chi connectivity index (χ4n) is 3.65. The Morgan fingerprint density at radius 1 is 1.24 bits per heavy atom. The van der Waals surface area contributed by atoms with Crippen LogP contribution in [0.25, 0.3) is 0 Å². The van der Waals surface area contributed by atoms with Crippen molar-refractivity contribution in [3.8, 4) is 5.75 Å². The monoisotopic (exact) mass is 542 g/mol. The summed E-state index contributed by atoms with van der Waals surface area (Å²) < 4.78 is 30.7. The minimum Gasteiger partial charge on any atom is -0.496 e. The Kier molecular flexibility index (Phi) is 5.90. The predicted octanol–water partition coefficient (Wildman–Crippen LogP) is 3.14. The van der Waals surface area contributed by atoms with E-state index in [9.17, 15) is 13.2 Å². The molecule has 2 aromatic carbocycles. The molecule has 2 fully saturated rings. The molecule has 2 saturated heterocycles. The van der Waals surface area contributed by atoms with Crippen LogP contribution in [0.3, 0.4) is 0 Å². The van der Waals surface area contributed by atoms with Crippen molar-refractivity contribution in [1.29, 1.82) is 0 Å². The number of amidine groups is 1. The Labute approximate surface area is 187 Å². The second-order valence-electron chi connectivity index (χ2n) is 6.93. The zero-order valence-corrected chi connectivity index (χ0v) is 19.4. The normalized spacial score (nSPS) is 23.9. The molecule has 0 saturated carbocycles. The number of aliphatic imine (C=N–C) groups is 1. The number of fused-ring (bicyclic) bond motifs is 1. The van der Waals surface area contributed by atoms with Crippen molar-refractivity contribution in [3.05, 3.63) is 57.7 Å². The number of amides is 1. The predicted molar refractivity (Wildman–Crippen MR) is 125 cm³/mol. The maximum atomic E-state index is 12.7. The summed E-state index contributed by atoms with van der Waals surface area (Å²) in [6, 6.07) is 15.0. The molecule has 6 nitrogen and oxygen atoms in total. The maximum Gasteiger partial charge on any atom is 0.252 e. The second kappa shape index (κ2) is 8.27. The van der Waals surface area contributed by atoms with Gasteiger partial charge in [0.25, 0.3) is 5.91 Å². The number of methoxy groups -OCH3 is 1. The van der Waals surface area contributed by atoms with Gasteiger partial charge in [-0.2, -0.15) is 4.99 Å². The van der Waals surface area contributed by atoms with E-state index in [0.717, 1.165) is 14.8 Å². The first-order valence-corrected chi connectivity index (χ1v) is 12.8. The SMILES string of the molecule is COc1ccccc1CC(=O)N=C1S[C@H]2CS(=O)(=O)C[C@H]2N1c1cccc(I)c1. The maximum absolute atomic E-state index is 12.7. The number of carbonyl (C=O) groups is 1. The van der Waals surface area contributed by atoms with Crippen molar-refractivity contribution in [1.82, 2.24) is 0 Å². The Morgan fingerprint density at radius 2 is 2.03 bits per heavy atom. The van der Waals surface area contributed by atoms with Crippen LogP contribution >= 0.6 is 34.4 Å².